The molecule has 0 aromatic carbocycles. The van der Waals surface area contributed by atoms with Crippen LogP contribution in [0.5, 0.6) is 0 Å². The second-order valence-corrected chi connectivity index (χ2v) is 4.81. The third-order valence-electron chi connectivity index (χ3n) is 2.39. The van der Waals surface area contributed by atoms with E-state index in [2.05, 4.69) is 15.3 Å². The van der Waals surface area contributed by atoms with Gasteiger partial charge in [0.25, 0.3) is 0 Å². The Kier molecular flexibility index (Phi) is 3.61. The molecule has 1 aromatic heterocycles. The molecule has 5 nitrogen and oxygen atoms in total. The number of anilines is 1. The van der Waals surface area contributed by atoms with Crippen molar-refractivity contribution in [3.05, 3.63) is 18.0 Å². The number of rotatable bonds is 3. The van der Waals surface area contributed by atoms with Crippen LogP contribution in [-0.4, -0.2) is 38.6 Å². The molecule has 1 fully saturated rings. The largest absolute Gasteiger partial charge is 0.478 e. The van der Waals surface area contributed by atoms with Gasteiger partial charge < -0.3 is 10.4 Å². The summed E-state index contributed by atoms with van der Waals surface area (Å²) in [6.45, 7) is 0. The number of carboxylic acid groups (broad SMARTS) is 1. The molecule has 2 N–H and O–H groups in total. The molecule has 6 heteroatoms. The van der Waals surface area contributed by atoms with Gasteiger partial charge >= 0.3 is 5.97 Å². The van der Waals surface area contributed by atoms with Gasteiger partial charge in [0.05, 0.1) is 5.56 Å². The topological polar surface area (TPSA) is 75.1 Å². The lowest BCUT2D eigenvalue weighted by atomic mass is 10.2. The molecule has 0 saturated carbocycles. The molecule has 0 aliphatic carbocycles. The highest BCUT2D eigenvalue weighted by Gasteiger charge is 2.14. The van der Waals surface area contributed by atoms with Crippen LogP contribution in [-0.2, 0) is 0 Å². The van der Waals surface area contributed by atoms with Gasteiger partial charge in [-0.15, -0.1) is 0 Å². The maximum absolute atomic E-state index is 10.6. The number of hydrogen-bond acceptors (Lipinski definition) is 5. The van der Waals surface area contributed by atoms with Gasteiger partial charge in [0.2, 0.25) is 5.95 Å². The summed E-state index contributed by atoms with van der Waals surface area (Å²) < 4.78 is 0. The van der Waals surface area contributed by atoms with Crippen molar-refractivity contribution in [3.63, 3.8) is 0 Å². The van der Waals surface area contributed by atoms with E-state index < -0.39 is 5.97 Å². The van der Waals surface area contributed by atoms with Gasteiger partial charge in [-0.25, -0.2) is 14.8 Å². The van der Waals surface area contributed by atoms with Crippen molar-refractivity contribution in [2.24, 2.45) is 0 Å². The normalized spacial score (nSPS) is 20.4. The van der Waals surface area contributed by atoms with Crippen molar-refractivity contribution >= 4 is 23.7 Å². The summed E-state index contributed by atoms with van der Waals surface area (Å²) in [4.78, 5) is 18.6. The number of nitrogens with one attached hydrogen (secondary N) is 1. The number of aromatic nitrogens is 2. The van der Waals surface area contributed by atoms with E-state index in [1.54, 1.807) is 0 Å². The van der Waals surface area contributed by atoms with Gasteiger partial charge in [-0.1, -0.05) is 0 Å². The highest BCUT2D eigenvalue weighted by atomic mass is 32.2. The van der Waals surface area contributed by atoms with Crippen molar-refractivity contribution in [2.45, 2.75) is 18.9 Å². The Morgan fingerprint density at radius 1 is 1.50 bits per heavy atom. The fourth-order valence-electron chi connectivity index (χ4n) is 1.55. The average molecular weight is 239 g/mol. The van der Waals surface area contributed by atoms with Gasteiger partial charge in [0.1, 0.15) is 0 Å². The lowest BCUT2D eigenvalue weighted by molar-refractivity contribution is 0.0696. The van der Waals surface area contributed by atoms with Crippen molar-refractivity contribution in [3.8, 4) is 0 Å². The minimum absolute atomic E-state index is 0.114. The smallest absolute Gasteiger partial charge is 0.338 e. The van der Waals surface area contributed by atoms with Crippen LogP contribution in [0.1, 0.15) is 23.2 Å². The molecule has 16 heavy (non-hydrogen) atoms. The van der Waals surface area contributed by atoms with Crippen LogP contribution < -0.4 is 5.32 Å². The van der Waals surface area contributed by atoms with E-state index in [4.69, 9.17) is 5.11 Å². The van der Waals surface area contributed by atoms with Gasteiger partial charge in [0.15, 0.2) is 0 Å². The molecule has 1 aromatic rings. The number of carbonyl (C=O) groups is 1. The summed E-state index contributed by atoms with van der Waals surface area (Å²) in [5, 5.41) is 11.9. The van der Waals surface area contributed by atoms with Crippen molar-refractivity contribution in [2.75, 3.05) is 16.8 Å². The highest BCUT2D eigenvalue weighted by molar-refractivity contribution is 7.99. The summed E-state index contributed by atoms with van der Waals surface area (Å²) >= 11 is 1.92. The molecule has 2 heterocycles. The van der Waals surface area contributed by atoms with Gasteiger partial charge in [0, 0.05) is 24.2 Å². The predicted octanol–water partition coefficient (Wildman–Crippen LogP) is 1.48. The second-order valence-electron chi connectivity index (χ2n) is 3.66. The monoisotopic (exact) mass is 239 g/mol. The number of aromatic carboxylic acids is 1. The maximum Gasteiger partial charge on any atom is 0.338 e. The van der Waals surface area contributed by atoms with Gasteiger partial charge in [-0.2, -0.15) is 11.8 Å². The summed E-state index contributed by atoms with van der Waals surface area (Å²) in [5.74, 6) is 1.79. The highest BCUT2D eigenvalue weighted by Crippen LogP contribution is 2.19. The standard InChI is InChI=1S/C10H13N3O2S/c14-9(15)7-4-11-10(12-5-7)13-8-2-1-3-16-6-8/h4-5,8H,1-3,6H2,(H,14,15)(H,11,12,13). The van der Waals surface area contributed by atoms with Crippen LogP contribution in [0.25, 0.3) is 0 Å². The van der Waals surface area contributed by atoms with Crippen molar-refractivity contribution < 1.29 is 9.90 Å². The predicted molar refractivity (Wildman–Crippen MR) is 63.0 cm³/mol. The van der Waals surface area contributed by atoms with Crippen LogP contribution in [0.4, 0.5) is 5.95 Å². The molecule has 0 spiro atoms. The fourth-order valence-corrected chi connectivity index (χ4v) is 2.62. The van der Waals surface area contributed by atoms with Crippen molar-refractivity contribution in [1.29, 1.82) is 0 Å². The van der Waals surface area contributed by atoms with E-state index in [1.807, 2.05) is 11.8 Å². The summed E-state index contributed by atoms with van der Waals surface area (Å²) in [7, 11) is 0. The maximum atomic E-state index is 10.6. The van der Waals surface area contributed by atoms with Crippen LogP contribution >= 0.6 is 11.8 Å². The van der Waals surface area contributed by atoms with Crippen LogP contribution in [0.2, 0.25) is 0 Å². The first kappa shape index (κ1) is 11.2. The molecule has 0 bridgehead atoms. The Morgan fingerprint density at radius 3 is 2.81 bits per heavy atom. The number of nitrogens with zero attached hydrogens (tertiary/aromatic N) is 2. The molecule has 1 unspecified atom stereocenters. The number of hydrogen-bond donors (Lipinski definition) is 2. The second kappa shape index (κ2) is 5.16. The zero-order valence-electron chi connectivity index (χ0n) is 8.72. The van der Waals surface area contributed by atoms with Crippen LogP contribution in [0.3, 0.4) is 0 Å². The molecule has 2 rings (SSSR count). The van der Waals surface area contributed by atoms with Crippen LogP contribution in [0, 0.1) is 0 Å². The average Bonchev–Trinajstić information content (AvgIpc) is 2.31. The quantitative estimate of drug-likeness (QED) is 0.832. The first-order valence-corrected chi connectivity index (χ1v) is 6.31. The van der Waals surface area contributed by atoms with E-state index in [9.17, 15) is 4.79 Å². The van der Waals surface area contributed by atoms with Crippen LogP contribution in [0.15, 0.2) is 12.4 Å². The van der Waals surface area contributed by atoms with E-state index in [0.717, 1.165) is 12.2 Å². The number of carboxylic acids is 1. The van der Waals surface area contributed by atoms with E-state index in [1.165, 1.54) is 24.6 Å². The Bertz CT molecular complexity index is 363. The Morgan fingerprint density at radius 2 is 2.25 bits per heavy atom. The molecule has 0 radical (unpaired) electrons. The molecule has 1 aliphatic heterocycles. The first-order valence-electron chi connectivity index (χ1n) is 5.15. The fraction of sp³-hybridized carbons (Fsp3) is 0.500. The molecule has 1 atom stereocenters. The SMILES string of the molecule is O=C(O)c1cnc(NC2CCCSC2)nc1. The Labute approximate surface area is 97.7 Å². The van der Waals surface area contributed by atoms with E-state index in [0.29, 0.717) is 12.0 Å². The Hall–Kier alpha value is -1.30. The Balaban J connectivity index is 1.96. The molecular formula is C10H13N3O2S. The molecule has 86 valence electrons. The lowest BCUT2D eigenvalue weighted by Crippen LogP contribution is -2.26. The van der Waals surface area contributed by atoms with Crippen molar-refractivity contribution in [1.82, 2.24) is 9.97 Å². The molecular weight excluding hydrogens is 226 g/mol. The summed E-state index contributed by atoms with van der Waals surface area (Å²) in [5.41, 5.74) is 0.114. The summed E-state index contributed by atoms with van der Waals surface area (Å²) in [6.07, 6.45) is 4.98. The number of thioether (sulfide) groups is 1. The third kappa shape index (κ3) is 2.85. The first-order chi connectivity index (χ1) is 7.75. The molecule has 1 saturated heterocycles. The molecule has 1 aliphatic rings. The zero-order valence-corrected chi connectivity index (χ0v) is 9.54. The molecule has 0 amide bonds. The van der Waals surface area contributed by atoms with E-state index in [-0.39, 0.29) is 5.56 Å². The van der Waals surface area contributed by atoms with E-state index >= 15 is 0 Å². The zero-order chi connectivity index (χ0) is 11.4. The van der Waals surface area contributed by atoms with Gasteiger partial charge in [-0.3, -0.25) is 0 Å². The third-order valence-corrected chi connectivity index (χ3v) is 3.61. The van der Waals surface area contributed by atoms with Gasteiger partial charge in [-0.05, 0) is 18.6 Å². The lowest BCUT2D eigenvalue weighted by Gasteiger charge is -2.22. The summed E-state index contributed by atoms with van der Waals surface area (Å²) in [6, 6.07) is 0.398. The minimum Gasteiger partial charge on any atom is -0.478 e. The minimum atomic E-state index is -1.00.